The Morgan fingerprint density at radius 2 is 1.79 bits per heavy atom. The van der Waals surface area contributed by atoms with Gasteiger partial charge in [0.2, 0.25) is 0 Å². The number of hydrogen-bond acceptors (Lipinski definition) is 2. The molecule has 8 heteroatoms. The van der Waals surface area contributed by atoms with Gasteiger partial charge in [0.25, 0.3) is 0 Å². The number of carbonyl (C=O) groups excluding carboxylic acids is 1. The van der Waals surface area contributed by atoms with Crippen molar-refractivity contribution in [1.29, 1.82) is 0 Å². The number of alkyl halides is 6. The lowest BCUT2D eigenvalue weighted by Gasteiger charge is -2.22. The number of rotatable bonds is 4. The Morgan fingerprint density at radius 3 is 2.07 bits per heavy atom. The van der Waals surface area contributed by atoms with E-state index in [0.29, 0.717) is 0 Å². The second-order valence-corrected chi connectivity index (χ2v) is 3.75. The lowest BCUT2D eigenvalue weighted by atomic mass is 10.3. The van der Waals surface area contributed by atoms with E-state index in [-0.39, 0.29) is 6.92 Å². The zero-order chi connectivity index (χ0) is 11.6. The molecule has 0 fully saturated rings. The average molecular weight is 257 g/mol. The molecule has 0 radical (unpaired) electrons. The van der Waals surface area contributed by atoms with Gasteiger partial charge in [-0.15, -0.1) is 23.2 Å². The highest BCUT2D eigenvalue weighted by Gasteiger charge is 2.56. The van der Waals surface area contributed by atoms with Gasteiger partial charge in [0.05, 0.1) is 6.42 Å². The first-order valence-electron chi connectivity index (χ1n) is 3.32. The predicted octanol–water partition coefficient (Wildman–Crippen LogP) is 2.97. The van der Waals surface area contributed by atoms with Gasteiger partial charge in [-0.3, -0.25) is 4.79 Å². The minimum Gasteiger partial charge on any atom is -0.396 e. The number of esters is 1. The maximum Gasteiger partial charge on any atom is 0.465 e. The Balaban J connectivity index is 4.30. The van der Waals surface area contributed by atoms with Crippen LogP contribution >= 0.6 is 23.2 Å². The van der Waals surface area contributed by atoms with Gasteiger partial charge in [0.15, 0.2) is 0 Å². The van der Waals surface area contributed by atoms with E-state index in [1.165, 1.54) is 0 Å². The van der Waals surface area contributed by atoms with Crippen molar-refractivity contribution in [2.24, 2.45) is 0 Å². The fourth-order valence-electron chi connectivity index (χ4n) is 0.400. The lowest BCUT2D eigenvalue weighted by molar-refractivity contribution is -0.324. The molecule has 0 unspecified atom stereocenters. The van der Waals surface area contributed by atoms with Crippen molar-refractivity contribution in [1.82, 2.24) is 0 Å². The zero-order valence-electron chi connectivity index (χ0n) is 6.87. The molecule has 0 rings (SSSR count). The molecule has 0 aliphatic carbocycles. The summed E-state index contributed by atoms with van der Waals surface area (Å²) in [6.07, 6.45) is -5.64. The van der Waals surface area contributed by atoms with Crippen LogP contribution in [0, 0.1) is 0 Å². The molecular formula is C6H6Cl2F4O2. The molecule has 0 amide bonds. The van der Waals surface area contributed by atoms with E-state index in [1.807, 2.05) is 0 Å². The standard InChI is InChI=1S/C6H6Cl2F4O2/c1-5(9,10)6(11,12)14-4(13)2-3(7)8/h3H,2H2,1H3. The summed E-state index contributed by atoms with van der Waals surface area (Å²) < 4.78 is 52.1. The SMILES string of the molecule is CC(F)(F)C(F)(F)OC(=O)CC(Cl)Cl. The topological polar surface area (TPSA) is 26.3 Å². The van der Waals surface area contributed by atoms with Crippen LogP contribution in [0.3, 0.4) is 0 Å². The molecule has 0 bridgehead atoms. The van der Waals surface area contributed by atoms with Crippen molar-refractivity contribution in [2.45, 2.75) is 30.2 Å². The number of halogens is 6. The van der Waals surface area contributed by atoms with Crippen LogP contribution in [-0.4, -0.2) is 22.8 Å². The Morgan fingerprint density at radius 1 is 1.36 bits per heavy atom. The van der Waals surface area contributed by atoms with Crippen molar-refractivity contribution < 1.29 is 27.1 Å². The van der Waals surface area contributed by atoms with Gasteiger partial charge in [0, 0.05) is 6.92 Å². The molecule has 0 aliphatic rings. The molecule has 0 aromatic carbocycles. The van der Waals surface area contributed by atoms with E-state index >= 15 is 0 Å². The molecule has 0 N–H and O–H groups in total. The molecule has 0 saturated heterocycles. The van der Waals surface area contributed by atoms with Gasteiger partial charge in [-0.05, 0) is 0 Å². The highest BCUT2D eigenvalue weighted by atomic mass is 35.5. The van der Waals surface area contributed by atoms with Crippen LogP contribution in [0.2, 0.25) is 0 Å². The average Bonchev–Trinajstić information content (AvgIpc) is 1.79. The quantitative estimate of drug-likeness (QED) is 0.439. The third-order valence-corrected chi connectivity index (χ3v) is 1.38. The molecule has 14 heavy (non-hydrogen) atoms. The van der Waals surface area contributed by atoms with Gasteiger partial charge < -0.3 is 4.74 Å². The maximum absolute atomic E-state index is 12.4. The Hall–Kier alpha value is -0.230. The fourth-order valence-corrected chi connectivity index (χ4v) is 0.652. The van der Waals surface area contributed by atoms with Crippen LogP contribution in [0.25, 0.3) is 0 Å². The van der Waals surface area contributed by atoms with E-state index < -0.39 is 29.3 Å². The molecule has 0 saturated carbocycles. The third-order valence-electron chi connectivity index (χ3n) is 1.07. The van der Waals surface area contributed by atoms with Crippen molar-refractivity contribution >= 4 is 29.2 Å². The van der Waals surface area contributed by atoms with E-state index in [1.54, 1.807) is 0 Å². The van der Waals surface area contributed by atoms with Crippen LogP contribution in [-0.2, 0) is 9.53 Å². The molecule has 2 nitrogen and oxygen atoms in total. The summed E-state index contributed by atoms with van der Waals surface area (Å²) in [4.78, 5) is 9.24. The summed E-state index contributed by atoms with van der Waals surface area (Å²) in [5.74, 6) is -6.04. The molecular weight excluding hydrogens is 251 g/mol. The maximum atomic E-state index is 12.4. The Bertz CT molecular complexity index is 214. The van der Waals surface area contributed by atoms with Crippen LogP contribution in [0.15, 0.2) is 0 Å². The number of carbonyl (C=O) groups is 1. The van der Waals surface area contributed by atoms with Crippen LogP contribution < -0.4 is 0 Å². The third kappa shape index (κ3) is 4.32. The van der Waals surface area contributed by atoms with Gasteiger partial charge >= 0.3 is 18.0 Å². The summed E-state index contributed by atoms with van der Waals surface area (Å²) in [6.45, 7) is -0.0703. The van der Waals surface area contributed by atoms with Crippen LogP contribution in [0.4, 0.5) is 17.6 Å². The molecule has 0 spiro atoms. The minimum atomic E-state index is -4.85. The summed E-state index contributed by atoms with van der Waals surface area (Å²) in [7, 11) is 0. The molecule has 0 aromatic rings. The van der Waals surface area contributed by atoms with Gasteiger partial charge in [-0.25, -0.2) is 0 Å². The first-order chi connectivity index (χ1) is 6.06. The van der Waals surface area contributed by atoms with Gasteiger partial charge in [-0.1, -0.05) is 0 Å². The van der Waals surface area contributed by atoms with Crippen LogP contribution in [0.1, 0.15) is 13.3 Å². The molecule has 0 aromatic heterocycles. The first kappa shape index (κ1) is 13.8. The second kappa shape index (κ2) is 4.53. The first-order valence-corrected chi connectivity index (χ1v) is 4.19. The van der Waals surface area contributed by atoms with Crippen LogP contribution in [0.5, 0.6) is 0 Å². The summed E-state index contributed by atoms with van der Waals surface area (Å²) in [5, 5.41) is 0. The van der Waals surface area contributed by atoms with E-state index in [0.717, 1.165) is 0 Å². The molecule has 0 heterocycles. The van der Waals surface area contributed by atoms with E-state index in [9.17, 15) is 22.4 Å². The predicted molar refractivity (Wildman–Crippen MR) is 41.8 cm³/mol. The zero-order valence-corrected chi connectivity index (χ0v) is 8.38. The van der Waals surface area contributed by atoms with Crippen molar-refractivity contribution in [3.63, 3.8) is 0 Å². The van der Waals surface area contributed by atoms with Crippen molar-refractivity contribution in [2.75, 3.05) is 0 Å². The van der Waals surface area contributed by atoms with Gasteiger partial charge in [0.1, 0.15) is 4.84 Å². The second-order valence-electron chi connectivity index (χ2n) is 2.47. The number of hydrogen-bond donors (Lipinski definition) is 0. The van der Waals surface area contributed by atoms with Crippen molar-refractivity contribution in [3.05, 3.63) is 0 Å². The minimum absolute atomic E-state index is 0.0703. The largest absolute Gasteiger partial charge is 0.465 e. The summed E-state index contributed by atoms with van der Waals surface area (Å²) in [5.41, 5.74) is 0. The van der Waals surface area contributed by atoms with Crippen molar-refractivity contribution in [3.8, 4) is 0 Å². The highest BCUT2D eigenvalue weighted by Crippen LogP contribution is 2.35. The summed E-state index contributed by atoms with van der Waals surface area (Å²) in [6, 6.07) is 0. The fraction of sp³-hybridized carbons (Fsp3) is 0.833. The smallest absolute Gasteiger partial charge is 0.396 e. The highest BCUT2D eigenvalue weighted by molar-refractivity contribution is 6.45. The lowest BCUT2D eigenvalue weighted by Crippen LogP contribution is -2.42. The Labute approximate surface area is 87.1 Å². The summed E-state index contributed by atoms with van der Waals surface area (Å²) >= 11 is 10.1. The molecule has 0 aliphatic heterocycles. The van der Waals surface area contributed by atoms with Gasteiger partial charge in [-0.2, -0.15) is 17.6 Å². The molecule has 84 valence electrons. The van der Waals surface area contributed by atoms with E-state index in [2.05, 4.69) is 4.74 Å². The number of ether oxygens (including phenoxy) is 1. The Kier molecular flexibility index (Phi) is 4.45. The normalized spacial score (nSPS) is 13.1. The molecule has 0 atom stereocenters. The van der Waals surface area contributed by atoms with E-state index in [4.69, 9.17) is 23.2 Å². The monoisotopic (exact) mass is 256 g/mol.